The zero-order valence-corrected chi connectivity index (χ0v) is 13.8. The van der Waals surface area contributed by atoms with Crippen LogP contribution in [0.5, 0.6) is 11.5 Å². The molecule has 0 atom stereocenters. The lowest BCUT2D eigenvalue weighted by Gasteiger charge is -2.00. The number of rotatable bonds is 2. The molecule has 4 aromatic rings. The highest BCUT2D eigenvalue weighted by Gasteiger charge is 2.13. The first-order valence-electron chi connectivity index (χ1n) is 7.46. The van der Waals surface area contributed by atoms with Crippen molar-refractivity contribution in [2.75, 3.05) is 0 Å². The van der Waals surface area contributed by atoms with Crippen molar-refractivity contribution < 1.29 is 10.2 Å². The number of nitrogens with one attached hydrogen (secondary N) is 2. The first kappa shape index (κ1) is 16.0. The molecule has 4 rings (SSSR count). The molecular formula is C17H11ClN4O4. The highest BCUT2D eigenvalue weighted by Crippen LogP contribution is 2.24. The molecule has 4 N–H and O–H groups in total. The van der Waals surface area contributed by atoms with E-state index >= 15 is 0 Å². The molecular weight excluding hydrogens is 360 g/mol. The van der Waals surface area contributed by atoms with Gasteiger partial charge in [-0.25, -0.2) is 4.79 Å². The monoisotopic (exact) mass is 370 g/mol. The normalized spacial score (nSPS) is 11.7. The summed E-state index contributed by atoms with van der Waals surface area (Å²) in [5.74, 6) is -0.354. The van der Waals surface area contributed by atoms with Gasteiger partial charge in [0.25, 0.3) is 0 Å². The third kappa shape index (κ3) is 2.52. The number of aromatic hydroxyl groups is 2. The highest BCUT2D eigenvalue weighted by atomic mass is 35.5. The molecule has 0 fully saturated rings. The highest BCUT2D eigenvalue weighted by molar-refractivity contribution is 6.31. The molecule has 0 unspecified atom stereocenters. The summed E-state index contributed by atoms with van der Waals surface area (Å²) >= 11 is 5.98. The van der Waals surface area contributed by atoms with E-state index in [9.17, 15) is 19.8 Å². The standard InChI is InChI=1S/C17H11ClN4O4/c18-9-2-4-12-11(5-9)14-15(20-12)16(25)22(17(26)21-14)19-7-8-1-3-10(23)6-13(8)24/h1-7,20,23-24H,(H,21,26). The predicted molar refractivity (Wildman–Crippen MR) is 98.5 cm³/mol. The zero-order valence-electron chi connectivity index (χ0n) is 13.0. The van der Waals surface area contributed by atoms with Crippen molar-refractivity contribution in [2.24, 2.45) is 5.10 Å². The smallest absolute Gasteiger partial charge is 0.350 e. The molecule has 8 nitrogen and oxygen atoms in total. The van der Waals surface area contributed by atoms with Gasteiger partial charge in [-0.15, -0.1) is 4.68 Å². The number of halogens is 1. The first-order valence-corrected chi connectivity index (χ1v) is 7.84. The van der Waals surface area contributed by atoms with E-state index in [1.54, 1.807) is 18.2 Å². The Morgan fingerprint density at radius 1 is 1.04 bits per heavy atom. The van der Waals surface area contributed by atoms with Gasteiger partial charge in [0.15, 0.2) is 0 Å². The van der Waals surface area contributed by atoms with E-state index in [-0.39, 0.29) is 22.6 Å². The lowest BCUT2D eigenvalue weighted by molar-refractivity contribution is 0.450. The Kier molecular flexibility index (Phi) is 3.55. The van der Waals surface area contributed by atoms with E-state index < -0.39 is 11.2 Å². The molecule has 0 aliphatic rings. The lowest BCUT2D eigenvalue weighted by atomic mass is 10.2. The maximum atomic E-state index is 12.6. The summed E-state index contributed by atoms with van der Waals surface area (Å²) in [5, 5.41) is 24.0. The van der Waals surface area contributed by atoms with Crippen LogP contribution in [0, 0.1) is 0 Å². The van der Waals surface area contributed by atoms with Gasteiger partial charge in [-0.2, -0.15) is 5.10 Å². The second kappa shape index (κ2) is 5.78. The quantitative estimate of drug-likeness (QED) is 0.403. The number of aromatic amines is 2. The number of hydrogen-bond acceptors (Lipinski definition) is 5. The van der Waals surface area contributed by atoms with Gasteiger partial charge >= 0.3 is 11.2 Å². The van der Waals surface area contributed by atoms with E-state index in [4.69, 9.17) is 11.6 Å². The molecule has 0 amide bonds. The second-order valence-corrected chi connectivity index (χ2v) is 6.04. The number of benzene rings is 2. The van der Waals surface area contributed by atoms with Gasteiger partial charge in [-0.1, -0.05) is 11.6 Å². The number of nitrogens with zero attached hydrogens (tertiary/aromatic N) is 2. The Balaban J connectivity index is 1.91. The van der Waals surface area contributed by atoms with Crippen LogP contribution in [-0.2, 0) is 0 Å². The molecule has 2 aromatic carbocycles. The van der Waals surface area contributed by atoms with Crippen molar-refractivity contribution in [3.05, 3.63) is 67.8 Å². The Hall–Kier alpha value is -3.52. The van der Waals surface area contributed by atoms with Crippen molar-refractivity contribution in [3.63, 3.8) is 0 Å². The minimum atomic E-state index is -0.738. The van der Waals surface area contributed by atoms with Crippen molar-refractivity contribution >= 4 is 39.8 Å². The lowest BCUT2D eigenvalue weighted by Crippen LogP contribution is -2.32. The van der Waals surface area contributed by atoms with Crippen molar-refractivity contribution in [1.82, 2.24) is 14.6 Å². The Bertz CT molecular complexity index is 1320. The molecule has 2 heterocycles. The van der Waals surface area contributed by atoms with E-state index in [0.29, 0.717) is 26.1 Å². The number of hydrogen-bond donors (Lipinski definition) is 4. The van der Waals surface area contributed by atoms with Crippen LogP contribution in [0.3, 0.4) is 0 Å². The number of aromatic nitrogens is 3. The minimum absolute atomic E-state index is 0.118. The van der Waals surface area contributed by atoms with Gasteiger partial charge in [0.2, 0.25) is 0 Å². The third-order valence-electron chi connectivity index (χ3n) is 3.92. The molecule has 0 saturated heterocycles. The van der Waals surface area contributed by atoms with Gasteiger partial charge < -0.3 is 20.2 Å². The van der Waals surface area contributed by atoms with Gasteiger partial charge in [-0.05, 0) is 30.3 Å². The van der Waals surface area contributed by atoms with Gasteiger partial charge in [0.1, 0.15) is 17.0 Å². The van der Waals surface area contributed by atoms with Crippen molar-refractivity contribution in [2.45, 2.75) is 0 Å². The number of phenolic OH excluding ortho intramolecular Hbond substituents is 2. The average molecular weight is 371 g/mol. The Labute approximate surface area is 149 Å². The predicted octanol–water partition coefficient (Wildman–Crippen LogP) is 2.12. The topological polar surface area (TPSA) is 123 Å². The third-order valence-corrected chi connectivity index (χ3v) is 4.15. The van der Waals surface area contributed by atoms with E-state index in [1.807, 2.05) is 0 Å². The molecule has 0 radical (unpaired) electrons. The van der Waals surface area contributed by atoms with Crippen LogP contribution in [0.2, 0.25) is 5.02 Å². The summed E-state index contributed by atoms with van der Waals surface area (Å²) in [5.41, 5.74) is 0.0153. The summed E-state index contributed by atoms with van der Waals surface area (Å²) in [4.78, 5) is 30.5. The van der Waals surface area contributed by atoms with Crippen LogP contribution < -0.4 is 11.2 Å². The van der Waals surface area contributed by atoms with Gasteiger partial charge in [-0.3, -0.25) is 4.79 Å². The molecule has 0 aliphatic carbocycles. The van der Waals surface area contributed by atoms with Gasteiger partial charge in [0.05, 0.1) is 11.7 Å². The largest absolute Gasteiger partial charge is 0.508 e. The Morgan fingerprint density at radius 3 is 2.62 bits per heavy atom. The number of phenols is 2. The van der Waals surface area contributed by atoms with Crippen LogP contribution in [-0.4, -0.2) is 31.1 Å². The second-order valence-electron chi connectivity index (χ2n) is 5.60. The summed E-state index contributed by atoms with van der Waals surface area (Å²) in [6.45, 7) is 0. The molecule has 130 valence electrons. The number of fused-ring (bicyclic) bond motifs is 3. The first-order chi connectivity index (χ1) is 12.4. The van der Waals surface area contributed by atoms with E-state index in [1.165, 1.54) is 12.1 Å². The molecule has 26 heavy (non-hydrogen) atoms. The minimum Gasteiger partial charge on any atom is -0.508 e. The molecule has 0 spiro atoms. The molecule has 0 saturated carbocycles. The molecule has 0 bridgehead atoms. The SMILES string of the molecule is O=c1[nH]c2c([nH]c3ccc(Cl)cc32)c(=O)n1N=Cc1ccc(O)cc1O. The van der Waals surface area contributed by atoms with Crippen LogP contribution >= 0.6 is 11.6 Å². The molecule has 2 aromatic heterocycles. The van der Waals surface area contributed by atoms with Crippen LogP contribution in [0.1, 0.15) is 5.56 Å². The van der Waals surface area contributed by atoms with Crippen LogP contribution in [0.4, 0.5) is 0 Å². The van der Waals surface area contributed by atoms with Gasteiger partial charge in [0, 0.05) is 27.6 Å². The van der Waals surface area contributed by atoms with E-state index in [2.05, 4.69) is 15.1 Å². The summed E-state index contributed by atoms with van der Waals surface area (Å²) in [7, 11) is 0. The fourth-order valence-corrected chi connectivity index (χ4v) is 2.85. The number of H-pyrrole nitrogens is 2. The summed E-state index contributed by atoms with van der Waals surface area (Å²) in [6, 6.07) is 8.89. The average Bonchev–Trinajstić information content (AvgIpc) is 2.94. The zero-order chi connectivity index (χ0) is 18.4. The summed E-state index contributed by atoms with van der Waals surface area (Å²) in [6.07, 6.45) is 1.15. The Morgan fingerprint density at radius 2 is 1.85 bits per heavy atom. The maximum Gasteiger partial charge on any atom is 0.350 e. The van der Waals surface area contributed by atoms with Crippen LogP contribution in [0.25, 0.3) is 21.9 Å². The molecule has 0 aliphatic heterocycles. The fourth-order valence-electron chi connectivity index (χ4n) is 2.68. The summed E-state index contributed by atoms with van der Waals surface area (Å²) < 4.78 is 0.644. The van der Waals surface area contributed by atoms with E-state index in [0.717, 1.165) is 12.3 Å². The fraction of sp³-hybridized carbons (Fsp3) is 0. The van der Waals surface area contributed by atoms with Crippen LogP contribution in [0.15, 0.2) is 51.1 Å². The van der Waals surface area contributed by atoms with Crippen molar-refractivity contribution in [3.8, 4) is 11.5 Å². The maximum absolute atomic E-state index is 12.6. The van der Waals surface area contributed by atoms with Crippen molar-refractivity contribution in [1.29, 1.82) is 0 Å². The molecule has 9 heteroatoms.